The van der Waals surface area contributed by atoms with Crippen LogP contribution in [0.4, 0.5) is 10.5 Å². The second kappa shape index (κ2) is 9.93. The molecule has 2 aromatic carbocycles. The second-order valence-electron chi connectivity index (χ2n) is 6.26. The number of para-hydroxylation sites is 1. The van der Waals surface area contributed by atoms with Gasteiger partial charge < -0.3 is 20.7 Å². The van der Waals surface area contributed by atoms with Crippen molar-refractivity contribution in [2.75, 3.05) is 19.0 Å². The molecule has 8 heteroatoms. The van der Waals surface area contributed by atoms with Crippen LogP contribution in [0.1, 0.15) is 12.0 Å². The number of hydrogen-bond acceptors (Lipinski definition) is 4. The van der Waals surface area contributed by atoms with Gasteiger partial charge in [0.05, 0.1) is 19.0 Å². The Bertz CT molecular complexity index is 938. The van der Waals surface area contributed by atoms with E-state index in [1.165, 1.54) is 0 Å². The number of aromatic nitrogens is 2. The van der Waals surface area contributed by atoms with Crippen molar-refractivity contribution >= 4 is 17.6 Å². The normalized spacial score (nSPS) is 10.2. The zero-order valence-electron chi connectivity index (χ0n) is 16.1. The molecule has 150 valence electrons. The molecule has 0 fully saturated rings. The van der Waals surface area contributed by atoms with Crippen molar-refractivity contribution in [3.05, 3.63) is 72.6 Å². The quantitative estimate of drug-likeness (QED) is 0.548. The maximum absolute atomic E-state index is 12.0. The second-order valence-corrected chi connectivity index (χ2v) is 6.26. The van der Waals surface area contributed by atoms with E-state index in [1.807, 2.05) is 36.5 Å². The third-order valence-corrected chi connectivity index (χ3v) is 4.13. The lowest BCUT2D eigenvalue weighted by atomic mass is 10.3. The summed E-state index contributed by atoms with van der Waals surface area (Å²) in [7, 11) is 1.58. The zero-order valence-corrected chi connectivity index (χ0v) is 16.1. The minimum Gasteiger partial charge on any atom is -0.497 e. The zero-order chi connectivity index (χ0) is 20.5. The van der Waals surface area contributed by atoms with Gasteiger partial charge in [0.15, 0.2) is 0 Å². The number of carbonyl (C=O) groups excluding carboxylic acids is 2. The van der Waals surface area contributed by atoms with Gasteiger partial charge in [-0.05, 0) is 36.4 Å². The Hall–Kier alpha value is -3.81. The van der Waals surface area contributed by atoms with E-state index in [1.54, 1.807) is 42.3 Å². The predicted octanol–water partition coefficient (Wildman–Crippen LogP) is 2.71. The molecular weight excluding hydrogens is 370 g/mol. The molecule has 8 nitrogen and oxygen atoms in total. The van der Waals surface area contributed by atoms with Crippen molar-refractivity contribution in [2.45, 2.75) is 13.0 Å². The van der Waals surface area contributed by atoms with Crippen molar-refractivity contribution in [1.82, 2.24) is 20.4 Å². The van der Waals surface area contributed by atoms with Crippen LogP contribution in [0.3, 0.4) is 0 Å². The highest BCUT2D eigenvalue weighted by molar-refractivity contribution is 5.89. The third-order valence-electron chi connectivity index (χ3n) is 4.13. The SMILES string of the molecule is COc1ccc(NC(=O)NCCC(=O)NCc2cnn(-c3ccccc3)c2)cc1. The number of urea groups is 1. The molecule has 0 aliphatic carbocycles. The molecule has 0 bridgehead atoms. The maximum Gasteiger partial charge on any atom is 0.319 e. The van der Waals surface area contributed by atoms with Crippen LogP contribution in [0, 0.1) is 0 Å². The number of amides is 3. The molecule has 0 aliphatic rings. The number of carbonyl (C=O) groups is 2. The molecular formula is C21H23N5O3. The summed E-state index contributed by atoms with van der Waals surface area (Å²) >= 11 is 0. The van der Waals surface area contributed by atoms with Crippen molar-refractivity contribution < 1.29 is 14.3 Å². The van der Waals surface area contributed by atoms with Crippen LogP contribution in [-0.2, 0) is 11.3 Å². The Labute approximate surface area is 168 Å². The van der Waals surface area contributed by atoms with Gasteiger partial charge in [-0.2, -0.15) is 5.10 Å². The van der Waals surface area contributed by atoms with Gasteiger partial charge in [0, 0.05) is 37.0 Å². The lowest BCUT2D eigenvalue weighted by molar-refractivity contribution is -0.121. The van der Waals surface area contributed by atoms with E-state index in [0.29, 0.717) is 18.0 Å². The van der Waals surface area contributed by atoms with Crippen molar-refractivity contribution in [3.63, 3.8) is 0 Å². The summed E-state index contributed by atoms with van der Waals surface area (Å²) in [4.78, 5) is 23.8. The number of ether oxygens (including phenoxy) is 1. The predicted molar refractivity (Wildman–Crippen MR) is 110 cm³/mol. The van der Waals surface area contributed by atoms with Crippen molar-refractivity contribution in [3.8, 4) is 11.4 Å². The van der Waals surface area contributed by atoms with Crippen LogP contribution < -0.4 is 20.7 Å². The Kier molecular flexibility index (Phi) is 6.83. The van der Waals surface area contributed by atoms with Gasteiger partial charge in [0.25, 0.3) is 0 Å². The molecule has 1 heterocycles. The lowest BCUT2D eigenvalue weighted by Gasteiger charge is -2.08. The number of benzene rings is 2. The summed E-state index contributed by atoms with van der Waals surface area (Å²) in [5.74, 6) is 0.559. The molecule has 0 unspecified atom stereocenters. The molecule has 29 heavy (non-hydrogen) atoms. The summed E-state index contributed by atoms with van der Waals surface area (Å²) in [6.07, 6.45) is 3.77. The number of nitrogens with zero attached hydrogens (tertiary/aromatic N) is 2. The maximum atomic E-state index is 12.0. The Balaban J connectivity index is 1.35. The molecule has 0 saturated heterocycles. The number of hydrogen-bond donors (Lipinski definition) is 3. The fourth-order valence-corrected chi connectivity index (χ4v) is 2.60. The lowest BCUT2D eigenvalue weighted by Crippen LogP contribution is -2.33. The highest BCUT2D eigenvalue weighted by Gasteiger charge is 2.06. The van der Waals surface area contributed by atoms with Gasteiger partial charge in [0.2, 0.25) is 5.91 Å². The summed E-state index contributed by atoms with van der Waals surface area (Å²) in [5, 5.41) is 12.5. The van der Waals surface area contributed by atoms with E-state index in [9.17, 15) is 9.59 Å². The van der Waals surface area contributed by atoms with Gasteiger partial charge in [-0.15, -0.1) is 0 Å². The van der Waals surface area contributed by atoms with E-state index < -0.39 is 0 Å². The molecule has 3 amide bonds. The summed E-state index contributed by atoms with van der Waals surface area (Å²) in [6.45, 7) is 0.612. The number of methoxy groups -OCH3 is 1. The molecule has 0 atom stereocenters. The van der Waals surface area contributed by atoms with E-state index in [2.05, 4.69) is 21.0 Å². The van der Waals surface area contributed by atoms with Gasteiger partial charge in [-0.3, -0.25) is 4.79 Å². The first kappa shape index (κ1) is 19.9. The highest BCUT2D eigenvalue weighted by Crippen LogP contribution is 2.14. The topological polar surface area (TPSA) is 97.3 Å². The Morgan fingerprint density at radius 3 is 2.52 bits per heavy atom. The largest absolute Gasteiger partial charge is 0.497 e. The van der Waals surface area contributed by atoms with E-state index in [4.69, 9.17) is 4.74 Å². The van der Waals surface area contributed by atoms with Crippen molar-refractivity contribution in [1.29, 1.82) is 0 Å². The van der Waals surface area contributed by atoms with Crippen LogP contribution in [0.5, 0.6) is 5.75 Å². The molecule has 0 aliphatic heterocycles. The Morgan fingerprint density at radius 2 is 1.79 bits per heavy atom. The molecule has 3 N–H and O–H groups in total. The number of anilines is 1. The third kappa shape index (κ3) is 6.10. The fraction of sp³-hybridized carbons (Fsp3) is 0.190. The molecule has 0 radical (unpaired) electrons. The van der Waals surface area contributed by atoms with Crippen LogP contribution in [-0.4, -0.2) is 35.4 Å². The smallest absolute Gasteiger partial charge is 0.319 e. The monoisotopic (exact) mass is 393 g/mol. The summed E-state index contributed by atoms with van der Waals surface area (Å²) in [5.41, 5.74) is 2.49. The van der Waals surface area contributed by atoms with Crippen LogP contribution >= 0.6 is 0 Å². The van der Waals surface area contributed by atoms with E-state index in [0.717, 1.165) is 11.3 Å². The minimum absolute atomic E-state index is 0.151. The first-order valence-corrected chi connectivity index (χ1v) is 9.18. The molecule has 3 rings (SSSR count). The van der Waals surface area contributed by atoms with Gasteiger partial charge in [-0.25, -0.2) is 9.48 Å². The average molecular weight is 393 g/mol. The highest BCUT2D eigenvalue weighted by atomic mass is 16.5. The van der Waals surface area contributed by atoms with Crippen LogP contribution in [0.15, 0.2) is 67.0 Å². The minimum atomic E-state index is -0.368. The number of rotatable bonds is 8. The van der Waals surface area contributed by atoms with E-state index >= 15 is 0 Å². The molecule has 1 aromatic heterocycles. The molecule has 0 spiro atoms. The fourth-order valence-electron chi connectivity index (χ4n) is 2.60. The van der Waals surface area contributed by atoms with Crippen LogP contribution in [0.25, 0.3) is 5.69 Å². The number of nitrogens with one attached hydrogen (secondary N) is 3. The van der Waals surface area contributed by atoms with Crippen molar-refractivity contribution in [2.24, 2.45) is 0 Å². The van der Waals surface area contributed by atoms with Crippen LogP contribution in [0.2, 0.25) is 0 Å². The first-order valence-electron chi connectivity index (χ1n) is 9.18. The summed E-state index contributed by atoms with van der Waals surface area (Å²) in [6, 6.07) is 16.3. The first-order chi connectivity index (χ1) is 14.1. The standard InChI is InChI=1S/C21H23N5O3/c1-29-19-9-7-17(8-10-19)25-21(28)22-12-11-20(27)23-13-16-14-24-26(15-16)18-5-3-2-4-6-18/h2-10,14-15H,11-13H2,1H3,(H,23,27)(H2,22,25,28). The Morgan fingerprint density at radius 1 is 1.03 bits per heavy atom. The van der Waals surface area contributed by atoms with Gasteiger partial charge >= 0.3 is 6.03 Å². The molecule has 0 saturated carbocycles. The average Bonchev–Trinajstić information content (AvgIpc) is 3.22. The van der Waals surface area contributed by atoms with E-state index in [-0.39, 0.29) is 24.9 Å². The van der Waals surface area contributed by atoms with Gasteiger partial charge in [0.1, 0.15) is 5.75 Å². The van der Waals surface area contributed by atoms with Gasteiger partial charge in [-0.1, -0.05) is 18.2 Å². The summed E-state index contributed by atoms with van der Waals surface area (Å²) < 4.78 is 6.82. The molecule has 3 aromatic rings.